The lowest BCUT2D eigenvalue weighted by atomic mass is 9.90. The van der Waals surface area contributed by atoms with E-state index < -0.39 is 0 Å². The first-order valence-corrected chi connectivity index (χ1v) is 5.33. The Labute approximate surface area is 93.7 Å². The molecule has 0 aromatic carbocycles. The molecule has 3 N–H and O–H groups in total. The van der Waals surface area contributed by atoms with Crippen LogP contribution in [0, 0.1) is 5.92 Å². The number of nitrogens with two attached hydrogens (primary N) is 1. The van der Waals surface area contributed by atoms with Crippen molar-refractivity contribution in [2.24, 2.45) is 18.8 Å². The molecular formula is C10H16N4O2. The number of carbonyl (C=O) groups excluding carboxylic acids is 1. The minimum absolute atomic E-state index is 0.173. The highest BCUT2D eigenvalue weighted by molar-refractivity contribution is 5.78. The zero-order chi connectivity index (χ0) is 11.5. The fourth-order valence-electron chi connectivity index (χ4n) is 2.07. The van der Waals surface area contributed by atoms with Crippen LogP contribution in [0.2, 0.25) is 0 Å². The van der Waals surface area contributed by atoms with Crippen LogP contribution in [0.3, 0.4) is 0 Å². The Morgan fingerprint density at radius 1 is 1.75 bits per heavy atom. The Morgan fingerprint density at radius 2 is 2.56 bits per heavy atom. The van der Waals surface area contributed by atoms with Gasteiger partial charge in [-0.2, -0.15) is 5.10 Å². The Balaban J connectivity index is 2.19. The van der Waals surface area contributed by atoms with Crippen molar-refractivity contribution in [3.63, 3.8) is 0 Å². The van der Waals surface area contributed by atoms with E-state index >= 15 is 0 Å². The fourth-order valence-corrected chi connectivity index (χ4v) is 2.07. The second kappa shape index (κ2) is 4.63. The van der Waals surface area contributed by atoms with Gasteiger partial charge in [0.25, 0.3) is 0 Å². The van der Waals surface area contributed by atoms with Gasteiger partial charge in [0.1, 0.15) is 0 Å². The van der Waals surface area contributed by atoms with Crippen molar-refractivity contribution >= 4 is 5.91 Å². The smallest absolute Gasteiger partial charge is 0.239 e. The van der Waals surface area contributed by atoms with Crippen molar-refractivity contribution in [1.82, 2.24) is 15.2 Å². The number of aryl methyl sites for hydroxylation is 1. The van der Waals surface area contributed by atoms with E-state index in [9.17, 15) is 4.79 Å². The predicted octanol–water partition coefficient (Wildman–Crippen LogP) is -0.122. The number of hydrogen-bond acceptors (Lipinski definition) is 4. The van der Waals surface area contributed by atoms with E-state index in [0.29, 0.717) is 6.61 Å². The summed E-state index contributed by atoms with van der Waals surface area (Å²) in [6.45, 7) is 0.675. The van der Waals surface area contributed by atoms with Crippen molar-refractivity contribution in [2.75, 3.05) is 6.61 Å². The maximum Gasteiger partial charge on any atom is 0.239 e. The second-order valence-corrected chi connectivity index (χ2v) is 4.00. The topological polar surface area (TPSA) is 82.2 Å². The minimum atomic E-state index is -0.231. The van der Waals surface area contributed by atoms with Gasteiger partial charge in [-0.25, -0.2) is 5.84 Å². The van der Waals surface area contributed by atoms with E-state index in [1.807, 2.05) is 13.2 Å². The number of hydrogen-bond donors (Lipinski definition) is 2. The SMILES string of the molecule is Cn1cc(C2OCCCC2C(=O)NN)cn1. The quantitative estimate of drug-likeness (QED) is 0.417. The van der Waals surface area contributed by atoms with Crippen LogP contribution >= 0.6 is 0 Å². The molecule has 1 aromatic rings. The van der Waals surface area contributed by atoms with E-state index in [-0.39, 0.29) is 17.9 Å². The highest BCUT2D eigenvalue weighted by atomic mass is 16.5. The van der Waals surface area contributed by atoms with Crippen molar-refractivity contribution < 1.29 is 9.53 Å². The average molecular weight is 224 g/mol. The van der Waals surface area contributed by atoms with Gasteiger partial charge in [-0.05, 0) is 12.8 Å². The number of nitrogens with one attached hydrogen (secondary N) is 1. The molecule has 2 heterocycles. The summed E-state index contributed by atoms with van der Waals surface area (Å²) in [6, 6.07) is 0. The van der Waals surface area contributed by atoms with Gasteiger partial charge in [-0.1, -0.05) is 0 Å². The summed E-state index contributed by atoms with van der Waals surface area (Å²) in [5.41, 5.74) is 3.12. The standard InChI is InChI=1S/C10H16N4O2/c1-14-6-7(5-12-14)9-8(10(15)13-11)3-2-4-16-9/h5-6,8-9H,2-4,11H2,1H3,(H,13,15). The molecule has 0 radical (unpaired) electrons. The summed E-state index contributed by atoms with van der Waals surface area (Å²) >= 11 is 0. The van der Waals surface area contributed by atoms with E-state index in [4.69, 9.17) is 10.6 Å². The summed E-state index contributed by atoms with van der Waals surface area (Å²) in [5, 5.41) is 4.09. The number of amides is 1. The number of nitrogens with zero attached hydrogens (tertiary/aromatic N) is 2. The van der Waals surface area contributed by atoms with Crippen LogP contribution in [0.1, 0.15) is 24.5 Å². The lowest BCUT2D eigenvalue weighted by Crippen LogP contribution is -2.40. The van der Waals surface area contributed by atoms with Gasteiger partial charge in [-0.15, -0.1) is 0 Å². The zero-order valence-corrected chi connectivity index (χ0v) is 9.22. The molecule has 2 unspecified atom stereocenters. The highest BCUT2D eigenvalue weighted by Crippen LogP contribution is 2.33. The van der Waals surface area contributed by atoms with E-state index in [1.54, 1.807) is 10.9 Å². The lowest BCUT2D eigenvalue weighted by molar-refractivity contribution is -0.134. The van der Waals surface area contributed by atoms with Crippen LogP contribution < -0.4 is 11.3 Å². The minimum Gasteiger partial charge on any atom is -0.373 e. The Bertz CT molecular complexity index is 377. The fraction of sp³-hybridized carbons (Fsp3) is 0.600. The predicted molar refractivity (Wildman–Crippen MR) is 57.0 cm³/mol. The second-order valence-electron chi connectivity index (χ2n) is 4.00. The molecule has 1 aromatic heterocycles. The van der Waals surface area contributed by atoms with Crippen LogP contribution in [-0.4, -0.2) is 22.3 Å². The molecule has 88 valence electrons. The third kappa shape index (κ3) is 2.07. The van der Waals surface area contributed by atoms with Crippen LogP contribution in [0.5, 0.6) is 0 Å². The van der Waals surface area contributed by atoms with Crippen LogP contribution in [-0.2, 0) is 16.6 Å². The van der Waals surface area contributed by atoms with Crippen molar-refractivity contribution in [2.45, 2.75) is 18.9 Å². The molecule has 1 aliphatic heterocycles. The molecule has 16 heavy (non-hydrogen) atoms. The molecule has 2 atom stereocenters. The summed E-state index contributed by atoms with van der Waals surface area (Å²) in [5.74, 6) is 4.78. The van der Waals surface area contributed by atoms with Gasteiger partial charge in [0.15, 0.2) is 0 Å². The van der Waals surface area contributed by atoms with Gasteiger partial charge in [-0.3, -0.25) is 14.9 Å². The number of carbonyl (C=O) groups is 1. The number of ether oxygens (including phenoxy) is 1. The molecule has 1 fully saturated rings. The summed E-state index contributed by atoms with van der Waals surface area (Å²) in [7, 11) is 1.84. The summed E-state index contributed by atoms with van der Waals surface area (Å²) < 4.78 is 7.34. The number of hydrazine groups is 1. The van der Waals surface area contributed by atoms with E-state index in [2.05, 4.69) is 10.5 Å². The van der Waals surface area contributed by atoms with Gasteiger partial charge < -0.3 is 4.74 Å². The molecule has 0 spiro atoms. The largest absolute Gasteiger partial charge is 0.373 e. The average Bonchev–Trinajstić information content (AvgIpc) is 2.75. The molecule has 0 bridgehead atoms. The first-order chi connectivity index (χ1) is 7.72. The van der Waals surface area contributed by atoms with Crippen molar-refractivity contribution in [1.29, 1.82) is 0 Å². The third-order valence-corrected chi connectivity index (χ3v) is 2.85. The molecule has 6 nitrogen and oxygen atoms in total. The van der Waals surface area contributed by atoms with Gasteiger partial charge in [0.2, 0.25) is 5.91 Å². The zero-order valence-electron chi connectivity index (χ0n) is 9.22. The Morgan fingerprint density at radius 3 is 3.19 bits per heavy atom. The van der Waals surface area contributed by atoms with Crippen LogP contribution in [0.15, 0.2) is 12.4 Å². The van der Waals surface area contributed by atoms with Gasteiger partial charge >= 0.3 is 0 Å². The molecule has 1 saturated heterocycles. The van der Waals surface area contributed by atoms with Gasteiger partial charge in [0, 0.05) is 25.4 Å². The number of aromatic nitrogens is 2. The van der Waals surface area contributed by atoms with Crippen LogP contribution in [0.25, 0.3) is 0 Å². The van der Waals surface area contributed by atoms with Crippen molar-refractivity contribution in [3.05, 3.63) is 18.0 Å². The first kappa shape index (κ1) is 11.1. The monoisotopic (exact) mass is 224 g/mol. The number of rotatable bonds is 2. The van der Waals surface area contributed by atoms with Crippen molar-refractivity contribution in [3.8, 4) is 0 Å². The van der Waals surface area contributed by atoms with Gasteiger partial charge in [0.05, 0.1) is 18.2 Å². The normalized spacial score (nSPS) is 25.4. The molecule has 0 saturated carbocycles. The van der Waals surface area contributed by atoms with E-state index in [1.165, 1.54) is 0 Å². The molecular weight excluding hydrogens is 208 g/mol. The molecule has 1 aliphatic rings. The molecule has 6 heteroatoms. The molecule has 2 rings (SSSR count). The third-order valence-electron chi connectivity index (χ3n) is 2.85. The highest BCUT2D eigenvalue weighted by Gasteiger charge is 2.33. The van der Waals surface area contributed by atoms with Crippen LogP contribution in [0.4, 0.5) is 0 Å². The molecule has 1 amide bonds. The molecule has 0 aliphatic carbocycles. The summed E-state index contributed by atoms with van der Waals surface area (Å²) in [6.07, 6.45) is 5.04. The Hall–Kier alpha value is -1.40. The van der Waals surface area contributed by atoms with E-state index in [0.717, 1.165) is 18.4 Å². The Kier molecular flexibility index (Phi) is 3.21. The lowest BCUT2D eigenvalue weighted by Gasteiger charge is -2.29. The first-order valence-electron chi connectivity index (χ1n) is 5.33. The maximum absolute atomic E-state index is 11.6. The maximum atomic E-state index is 11.6. The summed E-state index contributed by atoms with van der Waals surface area (Å²) in [4.78, 5) is 11.6.